The molecule has 0 spiro atoms. The molecule has 1 amide bonds. The zero-order chi connectivity index (χ0) is 24.9. The molecule has 1 aliphatic heterocycles. The maximum atomic E-state index is 13.2. The summed E-state index contributed by atoms with van der Waals surface area (Å²) in [5.74, 6) is 0.104. The number of benzene rings is 3. The Hall–Kier alpha value is -3.22. The molecular weight excluding hydrogens is 467 g/mol. The van der Waals surface area contributed by atoms with Gasteiger partial charge in [0.05, 0.1) is 0 Å². The van der Waals surface area contributed by atoms with Crippen molar-refractivity contribution in [1.82, 2.24) is 9.80 Å². The molecule has 0 N–H and O–H groups in total. The van der Waals surface area contributed by atoms with Crippen LogP contribution < -0.4 is 4.74 Å². The first-order valence-corrected chi connectivity index (χ1v) is 12.0. The van der Waals surface area contributed by atoms with Crippen molar-refractivity contribution in [2.45, 2.75) is 32.5 Å². The lowest BCUT2D eigenvalue weighted by Gasteiger charge is -2.44. The molecule has 1 saturated heterocycles. The van der Waals surface area contributed by atoms with E-state index in [1.54, 1.807) is 60.7 Å². The topological polar surface area (TPSA) is 49.9 Å². The SMILES string of the molecule is C[C@@H]1CN(C(=O)COc2ccc(C(=O)c3ccc(Cl)cc3)cc2)[C@@H](C)CN1Cc1ccc(F)cc1. The van der Waals surface area contributed by atoms with Crippen LogP contribution in [0.4, 0.5) is 4.39 Å². The smallest absolute Gasteiger partial charge is 0.260 e. The fourth-order valence-corrected chi connectivity index (χ4v) is 4.41. The van der Waals surface area contributed by atoms with Crippen LogP contribution in [0.1, 0.15) is 35.3 Å². The normalized spacial score (nSPS) is 18.3. The average Bonchev–Trinajstić information content (AvgIpc) is 2.86. The van der Waals surface area contributed by atoms with E-state index in [1.165, 1.54) is 12.1 Å². The third-order valence-electron chi connectivity index (χ3n) is 6.32. The van der Waals surface area contributed by atoms with Gasteiger partial charge in [-0.25, -0.2) is 4.39 Å². The number of hydrogen-bond donors (Lipinski definition) is 0. The first-order valence-electron chi connectivity index (χ1n) is 11.6. The molecule has 1 fully saturated rings. The molecule has 0 bridgehead atoms. The van der Waals surface area contributed by atoms with Gasteiger partial charge in [-0.1, -0.05) is 23.7 Å². The second kappa shape index (κ2) is 11.0. The van der Waals surface area contributed by atoms with E-state index in [1.807, 2.05) is 11.8 Å². The Labute approximate surface area is 210 Å². The van der Waals surface area contributed by atoms with Gasteiger partial charge >= 0.3 is 0 Å². The second-order valence-electron chi connectivity index (χ2n) is 8.95. The summed E-state index contributed by atoms with van der Waals surface area (Å²) in [7, 11) is 0. The van der Waals surface area contributed by atoms with E-state index in [2.05, 4.69) is 11.8 Å². The van der Waals surface area contributed by atoms with E-state index in [4.69, 9.17) is 16.3 Å². The van der Waals surface area contributed by atoms with E-state index >= 15 is 0 Å². The molecule has 0 aliphatic carbocycles. The largest absolute Gasteiger partial charge is 0.484 e. The lowest BCUT2D eigenvalue weighted by molar-refractivity contribution is -0.139. The lowest BCUT2D eigenvalue weighted by atomic mass is 10.0. The van der Waals surface area contributed by atoms with Gasteiger partial charge in [-0.2, -0.15) is 0 Å². The highest BCUT2D eigenvalue weighted by Gasteiger charge is 2.32. The molecule has 182 valence electrons. The van der Waals surface area contributed by atoms with Crippen LogP contribution in [0.3, 0.4) is 0 Å². The Morgan fingerprint density at radius 2 is 1.49 bits per heavy atom. The molecule has 0 saturated carbocycles. The van der Waals surface area contributed by atoms with Gasteiger partial charge in [0, 0.05) is 47.9 Å². The molecular formula is C28H28ClFN2O3. The van der Waals surface area contributed by atoms with Gasteiger partial charge in [0.1, 0.15) is 11.6 Å². The summed E-state index contributed by atoms with van der Waals surface area (Å²) in [6.07, 6.45) is 0. The highest BCUT2D eigenvalue weighted by Crippen LogP contribution is 2.20. The number of hydrogen-bond acceptors (Lipinski definition) is 4. The van der Waals surface area contributed by atoms with E-state index in [-0.39, 0.29) is 36.2 Å². The molecule has 35 heavy (non-hydrogen) atoms. The van der Waals surface area contributed by atoms with Crippen LogP contribution in [0, 0.1) is 5.82 Å². The summed E-state index contributed by atoms with van der Waals surface area (Å²) in [6.45, 7) is 6.08. The molecule has 1 heterocycles. The van der Waals surface area contributed by atoms with Crippen LogP contribution in [-0.4, -0.2) is 53.3 Å². The van der Waals surface area contributed by atoms with E-state index < -0.39 is 0 Å². The minimum Gasteiger partial charge on any atom is -0.484 e. The van der Waals surface area contributed by atoms with Crippen molar-refractivity contribution in [2.24, 2.45) is 0 Å². The van der Waals surface area contributed by atoms with Crippen molar-refractivity contribution < 1.29 is 18.7 Å². The molecule has 0 unspecified atom stereocenters. The highest BCUT2D eigenvalue weighted by atomic mass is 35.5. The Bertz CT molecular complexity index is 1170. The Morgan fingerprint density at radius 1 is 0.886 bits per heavy atom. The molecule has 3 aromatic carbocycles. The average molecular weight is 495 g/mol. The van der Waals surface area contributed by atoms with E-state index in [0.717, 1.165) is 12.1 Å². The zero-order valence-corrected chi connectivity index (χ0v) is 20.5. The monoisotopic (exact) mass is 494 g/mol. The lowest BCUT2D eigenvalue weighted by Crippen LogP contribution is -2.58. The fourth-order valence-electron chi connectivity index (χ4n) is 4.29. The summed E-state index contributed by atoms with van der Waals surface area (Å²) >= 11 is 5.89. The number of halogens is 2. The summed E-state index contributed by atoms with van der Waals surface area (Å²) in [5, 5.41) is 0.577. The zero-order valence-electron chi connectivity index (χ0n) is 19.8. The summed E-state index contributed by atoms with van der Waals surface area (Å²) in [5.41, 5.74) is 2.14. The van der Waals surface area contributed by atoms with Crippen LogP contribution in [0.5, 0.6) is 5.75 Å². The van der Waals surface area contributed by atoms with Crippen molar-refractivity contribution in [2.75, 3.05) is 19.7 Å². The summed E-state index contributed by atoms with van der Waals surface area (Å²) in [6, 6.07) is 20.3. The third kappa shape index (κ3) is 6.27. The maximum absolute atomic E-state index is 13.2. The fraction of sp³-hybridized carbons (Fsp3) is 0.286. The highest BCUT2D eigenvalue weighted by molar-refractivity contribution is 6.30. The van der Waals surface area contributed by atoms with Crippen LogP contribution in [-0.2, 0) is 11.3 Å². The van der Waals surface area contributed by atoms with Gasteiger partial charge in [0.25, 0.3) is 5.91 Å². The minimum atomic E-state index is -0.242. The first-order chi connectivity index (χ1) is 16.8. The van der Waals surface area contributed by atoms with E-state index in [0.29, 0.717) is 35.0 Å². The van der Waals surface area contributed by atoms with Crippen LogP contribution >= 0.6 is 11.6 Å². The molecule has 7 heteroatoms. The Kier molecular flexibility index (Phi) is 7.83. The molecule has 1 aliphatic rings. The number of carbonyl (C=O) groups is 2. The maximum Gasteiger partial charge on any atom is 0.260 e. The summed E-state index contributed by atoms with van der Waals surface area (Å²) < 4.78 is 18.9. The van der Waals surface area contributed by atoms with Crippen molar-refractivity contribution in [1.29, 1.82) is 0 Å². The molecule has 0 radical (unpaired) electrons. The van der Waals surface area contributed by atoms with Crippen molar-refractivity contribution in [3.05, 3.63) is 100 Å². The number of piperazine rings is 1. The second-order valence-corrected chi connectivity index (χ2v) is 9.39. The Morgan fingerprint density at radius 3 is 2.11 bits per heavy atom. The molecule has 3 aromatic rings. The standard InChI is InChI=1S/C28H28ClFN2O3/c1-19-16-32(20(2)15-31(19)17-21-3-11-25(30)12-4-21)27(33)18-35-26-13-7-23(8-14-26)28(34)22-5-9-24(29)10-6-22/h3-14,19-20H,15-18H2,1-2H3/t19-,20+/m1/s1. The van der Waals surface area contributed by atoms with Crippen LogP contribution in [0.15, 0.2) is 72.8 Å². The van der Waals surface area contributed by atoms with Gasteiger partial charge < -0.3 is 9.64 Å². The van der Waals surface area contributed by atoms with Crippen molar-refractivity contribution >= 4 is 23.3 Å². The Balaban J connectivity index is 1.30. The first kappa shape index (κ1) is 24.9. The van der Waals surface area contributed by atoms with Crippen molar-refractivity contribution in [3.63, 3.8) is 0 Å². The number of rotatable bonds is 7. The number of ether oxygens (including phenoxy) is 1. The van der Waals surface area contributed by atoms with Gasteiger partial charge in [-0.15, -0.1) is 0 Å². The molecule has 2 atom stereocenters. The quantitative estimate of drug-likeness (QED) is 0.423. The van der Waals surface area contributed by atoms with Crippen molar-refractivity contribution in [3.8, 4) is 5.75 Å². The number of amides is 1. The predicted molar refractivity (Wildman–Crippen MR) is 134 cm³/mol. The molecule has 4 rings (SSSR count). The van der Waals surface area contributed by atoms with Gasteiger partial charge in [0.2, 0.25) is 0 Å². The van der Waals surface area contributed by atoms with Crippen LogP contribution in [0.2, 0.25) is 5.02 Å². The summed E-state index contributed by atoms with van der Waals surface area (Å²) in [4.78, 5) is 29.6. The molecule has 0 aromatic heterocycles. The number of nitrogens with zero attached hydrogens (tertiary/aromatic N) is 2. The van der Waals surface area contributed by atoms with E-state index in [9.17, 15) is 14.0 Å². The van der Waals surface area contributed by atoms with Crippen LogP contribution in [0.25, 0.3) is 0 Å². The van der Waals surface area contributed by atoms with Gasteiger partial charge in [0.15, 0.2) is 12.4 Å². The predicted octanol–water partition coefficient (Wildman–Crippen LogP) is 5.21. The third-order valence-corrected chi connectivity index (χ3v) is 6.57. The van der Waals surface area contributed by atoms with Gasteiger partial charge in [-0.3, -0.25) is 14.5 Å². The molecule has 5 nitrogen and oxygen atoms in total. The number of carbonyl (C=O) groups excluding carboxylic acids is 2. The van der Waals surface area contributed by atoms with Gasteiger partial charge in [-0.05, 0) is 80.1 Å². The minimum absolute atomic E-state index is 0.0297. The number of ketones is 1.